The number of alkyl halides is 3. The van der Waals surface area contributed by atoms with Gasteiger partial charge in [0.2, 0.25) is 0 Å². The van der Waals surface area contributed by atoms with Crippen LogP contribution in [0.4, 0.5) is 13.2 Å². The second kappa shape index (κ2) is 8.24. The van der Waals surface area contributed by atoms with Gasteiger partial charge in [0.25, 0.3) is 0 Å². The zero-order valence-electron chi connectivity index (χ0n) is 12.4. The molecule has 2 aromatic rings. The average Bonchev–Trinajstić information content (AvgIpc) is 2.93. The first-order valence-corrected chi connectivity index (χ1v) is 7.12. The number of nitrogens with zero attached hydrogens (tertiary/aromatic N) is 1. The van der Waals surface area contributed by atoms with E-state index < -0.39 is 18.6 Å². The first kappa shape index (κ1) is 20.1. The fraction of sp³-hybridized carbons (Fsp3) is 0.467. The number of piperazine rings is 1. The maximum atomic E-state index is 13.0. The number of hydrogen-bond acceptors (Lipinski definition) is 2. The van der Waals surface area contributed by atoms with E-state index in [1.165, 1.54) is 0 Å². The van der Waals surface area contributed by atoms with Crippen LogP contribution in [0.3, 0.4) is 0 Å². The van der Waals surface area contributed by atoms with Gasteiger partial charge in [-0.2, -0.15) is 13.2 Å². The predicted octanol–water partition coefficient (Wildman–Crippen LogP) is 3.91. The molecule has 23 heavy (non-hydrogen) atoms. The molecule has 0 saturated carbocycles. The van der Waals surface area contributed by atoms with Gasteiger partial charge in [-0.3, -0.25) is 4.90 Å². The van der Waals surface area contributed by atoms with Crippen LogP contribution in [0.25, 0.3) is 10.9 Å². The molecular formula is C15H20Cl2F3N3. The fourth-order valence-corrected chi connectivity index (χ4v) is 3.05. The topological polar surface area (TPSA) is 31.1 Å². The monoisotopic (exact) mass is 369 g/mol. The minimum absolute atomic E-state index is 0. The van der Waals surface area contributed by atoms with Gasteiger partial charge in [0.05, 0.1) is 6.42 Å². The molecule has 0 amide bonds. The number of halogens is 5. The Balaban J connectivity index is 0.00000132. The van der Waals surface area contributed by atoms with E-state index in [2.05, 4.69) is 10.3 Å². The molecule has 0 unspecified atom stereocenters. The molecule has 0 aliphatic carbocycles. The Bertz CT molecular complexity index is 609. The predicted molar refractivity (Wildman–Crippen MR) is 90.7 cm³/mol. The van der Waals surface area contributed by atoms with Crippen LogP contribution in [0.15, 0.2) is 30.5 Å². The summed E-state index contributed by atoms with van der Waals surface area (Å²) in [5.41, 5.74) is 1.64. The van der Waals surface area contributed by atoms with Crippen molar-refractivity contribution in [3.63, 3.8) is 0 Å². The van der Waals surface area contributed by atoms with Crippen LogP contribution in [-0.2, 0) is 0 Å². The van der Waals surface area contributed by atoms with Gasteiger partial charge in [-0.15, -0.1) is 24.8 Å². The van der Waals surface area contributed by atoms with Crippen molar-refractivity contribution in [3.8, 4) is 0 Å². The van der Waals surface area contributed by atoms with E-state index in [1.54, 1.807) is 6.20 Å². The Labute approximate surface area is 145 Å². The van der Waals surface area contributed by atoms with Crippen LogP contribution < -0.4 is 5.32 Å². The third-order valence-corrected chi connectivity index (χ3v) is 4.00. The molecule has 1 aliphatic rings. The summed E-state index contributed by atoms with van der Waals surface area (Å²) in [7, 11) is 0. The van der Waals surface area contributed by atoms with Crippen LogP contribution >= 0.6 is 24.8 Å². The summed E-state index contributed by atoms with van der Waals surface area (Å²) in [6.07, 6.45) is -3.21. The first-order valence-electron chi connectivity index (χ1n) is 7.12. The second-order valence-electron chi connectivity index (χ2n) is 5.41. The number of hydrogen-bond donors (Lipinski definition) is 2. The van der Waals surface area contributed by atoms with Crippen LogP contribution in [0, 0.1) is 0 Å². The van der Waals surface area contributed by atoms with Crippen molar-refractivity contribution < 1.29 is 13.2 Å². The molecule has 3 nitrogen and oxygen atoms in total. The minimum atomic E-state index is -4.17. The quantitative estimate of drug-likeness (QED) is 0.859. The summed E-state index contributed by atoms with van der Waals surface area (Å²) >= 11 is 0. The summed E-state index contributed by atoms with van der Waals surface area (Å²) in [5.74, 6) is 0. The van der Waals surface area contributed by atoms with Crippen LogP contribution in [0.2, 0.25) is 0 Å². The first-order chi connectivity index (χ1) is 10.0. The summed E-state index contributed by atoms with van der Waals surface area (Å²) in [5, 5.41) is 4.07. The highest BCUT2D eigenvalue weighted by Gasteiger charge is 2.36. The van der Waals surface area contributed by atoms with Gasteiger partial charge in [0.1, 0.15) is 0 Å². The molecule has 8 heteroatoms. The summed E-state index contributed by atoms with van der Waals surface area (Å²) in [6, 6.07) is 6.76. The van der Waals surface area contributed by atoms with E-state index in [0.717, 1.165) is 29.6 Å². The molecule has 2 N–H and O–H groups in total. The number of H-pyrrole nitrogens is 1. The Morgan fingerprint density at radius 3 is 2.43 bits per heavy atom. The fourth-order valence-electron chi connectivity index (χ4n) is 3.05. The smallest absolute Gasteiger partial charge is 0.361 e. The SMILES string of the molecule is Cl.Cl.FC(F)(F)C[C@H](c1cccc2[nH]ccc12)N1CCNCC1. The molecule has 1 fully saturated rings. The summed E-state index contributed by atoms with van der Waals surface area (Å²) in [6.45, 7) is 2.75. The lowest BCUT2D eigenvalue weighted by Crippen LogP contribution is -2.46. The van der Waals surface area contributed by atoms with Crippen molar-refractivity contribution in [2.75, 3.05) is 26.2 Å². The molecule has 0 spiro atoms. The largest absolute Gasteiger partial charge is 0.390 e. The molecule has 1 aliphatic heterocycles. The molecule has 1 atom stereocenters. The molecule has 3 rings (SSSR count). The standard InChI is InChI=1S/C15H18F3N3.2ClH/c16-15(17,18)10-14(21-8-6-19-7-9-21)12-2-1-3-13-11(12)4-5-20-13;;/h1-5,14,19-20H,6-10H2;2*1H/t14-;;/m1../s1. The van der Waals surface area contributed by atoms with E-state index in [-0.39, 0.29) is 24.8 Å². The highest BCUT2D eigenvalue weighted by molar-refractivity contribution is 5.85. The van der Waals surface area contributed by atoms with E-state index in [4.69, 9.17) is 0 Å². The van der Waals surface area contributed by atoms with Crippen molar-refractivity contribution in [3.05, 3.63) is 36.0 Å². The van der Waals surface area contributed by atoms with Gasteiger partial charge >= 0.3 is 6.18 Å². The van der Waals surface area contributed by atoms with Gasteiger partial charge in [-0.05, 0) is 17.7 Å². The Hall–Kier alpha value is -0.950. The van der Waals surface area contributed by atoms with E-state index in [1.807, 2.05) is 29.2 Å². The molecular weight excluding hydrogens is 350 g/mol. The maximum absolute atomic E-state index is 13.0. The highest BCUT2D eigenvalue weighted by Crippen LogP contribution is 2.36. The van der Waals surface area contributed by atoms with Crippen molar-refractivity contribution >= 4 is 35.7 Å². The molecule has 2 heterocycles. The Morgan fingerprint density at radius 2 is 1.78 bits per heavy atom. The lowest BCUT2D eigenvalue weighted by atomic mass is 9.97. The Kier molecular flexibility index (Phi) is 7.20. The van der Waals surface area contributed by atoms with Gasteiger partial charge in [0.15, 0.2) is 0 Å². The third-order valence-electron chi connectivity index (χ3n) is 4.00. The second-order valence-corrected chi connectivity index (χ2v) is 5.41. The number of nitrogens with one attached hydrogen (secondary N) is 2. The van der Waals surface area contributed by atoms with Crippen LogP contribution in [0.1, 0.15) is 18.0 Å². The maximum Gasteiger partial charge on any atom is 0.390 e. The number of aromatic amines is 1. The van der Waals surface area contributed by atoms with Gasteiger partial charge in [-0.25, -0.2) is 0 Å². The number of rotatable bonds is 3. The number of benzene rings is 1. The summed E-state index contributed by atoms with van der Waals surface area (Å²) < 4.78 is 39.1. The van der Waals surface area contributed by atoms with Gasteiger partial charge in [-0.1, -0.05) is 12.1 Å². The van der Waals surface area contributed by atoms with E-state index in [0.29, 0.717) is 13.1 Å². The minimum Gasteiger partial charge on any atom is -0.361 e. The average molecular weight is 370 g/mol. The van der Waals surface area contributed by atoms with Crippen molar-refractivity contribution in [1.29, 1.82) is 0 Å². The molecule has 1 aromatic carbocycles. The zero-order chi connectivity index (χ0) is 14.9. The molecule has 1 aromatic heterocycles. The number of aromatic nitrogens is 1. The lowest BCUT2D eigenvalue weighted by molar-refractivity contribution is -0.148. The van der Waals surface area contributed by atoms with E-state index in [9.17, 15) is 13.2 Å². The molecule has 1 saturated heterocycles. The molecule has 0 radical (unpaired) electrons. The number of fused-ring (bicyclic) bond motifs is 1. The normalized spacial score (nSPS) is 17.3. The highest BCUT2D eigenvalue weighted by atomic mass is 35.5. The molecule has 0 bridgehead atoms. The Morgan fingerprint density at radius 1 is 1.09 bits per heavy atom. The summed E-state index contributed by atoms with van der Waals surface area (Å²) in [4.78, 5) is 5.00. The lowest BCUT2D eigenvalue weighted by Gasteiger charge is -2.36. The van der Waals surface area contributed by atoms with E-state index >= 15 is 0 Å². The van der Waals surface area contributed by atoms with Crippen LogP contribution in [-0.4, -0.2) is 42.2 Å². The third kappa shape index (κ3) is 4.76. The molecule has 130 valence electrons. The van der Waals surface area contributed by atoms with Crippen molar-refractivity contribution in [1.82, 2.24) is 15.2 Å². The van der Waals surface area contributed by atoms with Crippen molar-refractivity contribution in [2.24, 2.45) is 0 Å². The van der Waals surface area contributed by atoms with Crippen molar-refractivity contribution in [2.45, 2.75) is 18.6 Å². The van der Waals surface area contributed by atoms with Crippen LogP contribution in [0.5, 0.6) is 0 Å². The van der Waals surface area contributed by atoms with Gasteiger partial charge in [0, 0.05) is 49.3 Å². The zero-order valence-corrected chi connectivity index (χ0v) is 14.0. The van der Waals surface area contributed by atoms with Gasteiger partial charge < -0.3 is 10.3 Å².